The number of hydrogen-bond donors (Lipinski definition) is 1. The number of nitrogens with one attached hydrogen (secondary N) is 1. The Hall–Kier alpha value is -0.840. The third-order valence-electron chi connectivity index (χ3n) is 2.93. The van der Waals surface area contributed by atoms with Gasteiger partial charge in [-0.25, -0.2) is 9.97 Å². The van der Waals surface area contributed by atoms with Crippen molar-refractivity contribution in [2.24, 2.45) is 0 Å². The lowest BCUT2D eigenvalue weighted by atomic mass is 9.98. The molecule has 17 heavy (non-hydrogen) atoms. The molecule has 1 saturated carbocycles. The lowest BCUT2D eigenvalue weighted by Gasteiger charge is -2.23. The van der Waals surface area contributed by atoms with Crippen LogP contribution >= 0.6 is 15.9 Å². The first-order chi connectivity index (χ1) is 8.31. The van der Waals surface area contributed by atoms with E-state index in [-0.39, 0.29) is 0 Å². The summed E-state index contributed by atoms with van der Waals surface area (Å²) in [6.07, 6.45) is 7.96. The van der Waals surface area contributed by atoms with E-state index in [4.69, 9.17) is 4.74 Å². The summed E-state index contributed by atoms with van der Waals surface area (Å²) in [5, 5.41) is 3.18. The van der Waals surface area contributed by atoms with E-state index in [0.717, 1.165) is 29.7 Å². The maximum atomic E-state index is 5.94. The van der Waals surface area contributed by atoms with Gasteiger partial charge < -0.3 is 10.1 Å². The van der Waals surface area contributed by atoms with Gasteiger partial charge in [0.2, 0.25) is 5.88 Å². The number of hydrogen-bond acceptors (Lipinski definition) is 4. The summed E-state index contributed by atoms with van der Waals surface area (Å²) in [6, 6.07) is 0. The fraction of sp³-hybridized carbons (Fsp3) is 0.667. The van der Waals surface area contributed by atoms with E-state index in [9.17, 15) is 0 Å². The van der Waals surface area contributed by atoms with Crippen LogP contribution in [0, 0.1) is 0 Å². The molecule has 1 aromatic heterocycles. The number of halogens is 1. The Balaban J connectivity index is 2.06. The topological polar surface area (TPSA) is 47.0 Å². The van der Waals surface area contributed by atoms with E-state index in [1.807, 2.05) is 6.92 Å². The SMILES string of the molecule is CCNc1ncnc(OC2CCCCC2)c1Br. The third-order valence-corrected chi connectivity index (χ3v) is 3.65. The van der Waals surface area contributed by atoms with Gasteiger partial charge in [0.15, 0.2) is 0 Å². The van der Waals surface area contributed by atoms with Crippen LogP contribution in [-0.4, -0.2) is 22.6 Å². The molecule has 1 aromatic rings. The molecule has 1 N–H and O–H groups in total. The van der Waals surface area contributed by atoms with Crippen molar-refractivity contribution in [1.82, 2.24) is 9.97 Å². The van der Waals surface area contributed by atoms with Gasteiger partial charge >= 0.3 is 0 Å². The van der Waals surface area contributed by atoms with Crippen LogP contribution in [0.1, 0.15) is 39.0 Å². The molecule has 0 radical (unpaired) electrons. The molecule has 1 aliphatic carbocycles. The van der Waals surface area contributed by atoms with Crippen LogP contribution in [0.4, 0.5) is 5.82 Å². The minimum absolute atomic E-state index is 0.310. The molecule has 0 atom stereocenters. The number of aromatic nitrogens is 2. The molecule has 0 aliphatic heterocycles. The molecule has 0 spiro atoms. The first-order valence-electron chi connectivity index (χ1n) is 6.22. The van der Waals surface area contributed by atoms with Gasteiger partial charge in [0.05, 0.1) is 0 Å². The number of nitrogens with zero attached hydrogens (tertiary/aromatic N) is 2. The summed E-state index contributed by atoms with van der Waals surface area (Å²) in [4.78, 5) is 8.37. The smallest absolute Gasteiger partial charge is 0.233 e. The Labute approximate surface area is 110 Å². The molecule has 1 fully saturated rings. The lowest BCUT2D eigenvalue weighted by molar-refractivity contribution is 0.147. The van der Waals surface area contributed by atoms with Gasteiger partial charge in [-0.1, -0.05) is 6.42 Å². The van der Waals surface area contributed by atoms with Gasteiger partial charge in [0.1, 0.15) is 22.7 Å². The van der Waals surface area contributed by atoms with Gasteiger partial charge in [-0.3, -0.25) is 0 Å². The molecular weight excluding hydrogens is 282 g/mol. The Kier molecular flexibility index (Phi) is 4.59. The maximum absolute atomic E-state index is 5.94. The standard InChI is InChI=1S/C12H18BrN3O/c1-2-14-11-10(13)12(16-8-15-11)17-9-6-4-3-5-7-9/h8-9H,2-7H2,1H3,(H,14,15,16). The van der Waals surface area contributed by atoms with Crippen molar-refractivity contribution in [2.45, 2.75) is 45.1 Å². The van der Waals surface area contributed by atoms with Crippen molar-refractivity contribution >= 4 is 21.7 Å². The van der Waals surface area contributed by atoms with E-state index in [2.05, 4.69) is 31.2 Å². The second-order valence-electron chi connectivity index (χ2n) is 4.25. The average molecular weight is 300 g/mol. The monoisotopic (exact) mass is 299 g/mol. The van der Waals surface area contributed by atoms with E-state index >= 15 is 0 Å². The van der Waals surface area contributed by atoms with Gasteiger partial charge in [-0.2, -0.15) is 0 Å². The molecule has 5 heteroatoms. The molecule has 0 aromatic carbocycles. The Morgan fingerprint density at radius 3 is 2.82 bits per heavy atom. The van der Waals surface area contributed by atoms with Crippen LogP contribution in [-0.2, 0) is 0 Å². The van der Waals surface area contributed by atoms with Gasteiger partial charge in [0, 0.05) is 6.54 Å². The number of rotatable bonds is 4. The van der Waals surface area contributed by atoms with Crippen LogP contribution in [0.3, 0.4) is 0 Å². The molecule has 0 amide bonds. The van der Waals surface area contributed by atoms with E-state index in [1.54, 1.807) is 6.33 Å². The summed E-state index contributed by atoms with van der Waals surface area (Å²) in [7, 11) is 0. The van der Waals surface area contributed by atoms with Crippen molar-refractivity contribution < 1.29 is 4.74 Å². The Morgan fingerprint density at radius 2 is 2.12 bits per heavy atom. The Morgan fingerprint density at radius 1 is 1.35 bits per heavy atom. The van der Waals surface area contributed by atoms with Crippen LogP contribution in [0.25, 0.3) is 0 Å². The molecule has 0 bridgehead atoms. The van der Waals surface area contributed by atoms with Gasteiger partial charge in [-0.05, 0) is 48.5 Å². The van der Waals surface area contributed by atoms with Crippen LogP contribution < -0.4 is 10.1 Å². The fourth-order valence-corrected chi connectivity index (χ4v) is 2.51. The molecule has 1 heterocycles. The highest BCUT2D eigenvalue weighted by Gasteiger charge is 2.18. The first-order valence-corrected chi connectivity index (χ1v) is 7.01. The van der Waals surface area contributed by atoms with Crippen molar-refractivity contribution in [2.75, 3.05) is 11.9 Å². The zero-order chi connectivity index (χ0) is 12.1. The van der Waals surface area contributed by atoms with Gasteiger partial charge in [0.25, 0.3) is 0 Å². The summed E-state index contributed by atoms with van der Waals surface area (Å²) < 4.78 is 6.76. The van der Waals surface area contributed by atoms with Crippen molar-refractivity contribution in [3.05, 3.63) is 10.8 Å². The van der Waals surface area contributed by atoms with Gasteiger partial charge in [-0.15, -0.1) is 0 Å². The van der Waals surface area contributed by atoms with Crippen molar-refractivity contribution in [3.63, 3.8) is 0 Å². The van der Waals surface area contributed by atoms with Crippen LogP contribution in [0.2, 0.25) is 0 Å². The second-order valence-corrected chi connectivity index (χ2v) is 5.04. The van der Waals surface area contributed by atoms with E-state index in [0.29, 0.717) is 12.0 Å². The largest absolute Gasteiger partial charge is 0.473 e. The zero-order valence-electron chi connectivity index (χ0n) is 10.1. The molecule has 0 saturated heterocycles. The van der Waals surface area contributed by atoms with E-state index < -0.39 is 0 Å². The highest BCUT2D eigenvalue weighted by Crippen LogP contribution is 2.31. The molecule has 0 unspecified atom stereocenters. The molecule has 1 aliphatic rings. The predicted molar refractivity (Wildman–Crippen MR) is 71.4 cm³/mol. The van der Waals surface area contributed by atoms with E-state index in [1.165, 1.54) is 19.3 Å². The molecular formula is C12H18BrN3O. The molecule has 2 rings (SSSR count). The normalized spacial score (nSPS) is 16.8. The van der Waals surface area contributed by atoms with Crippen LogP contribution in [0.5, 0.6) is 5.88 Å². The summed E-state index contributed by atoms with van der Waals surface area (Å²) in [5.41, 5.74) is 0. The third kappa shape index (κ3) is 3.31. The summed E-state index contributed by atoms with van der Waals surface area (Å²) >= 11 is 3.50. The van der Waals surface area contributed by atoms with Crippen molar-refractivity contribution in [1.29, 1.82) is 0 Å². The average Bonchev–Trinajstić information content (AvgIpc) is 2.36. The summed E-state index contributed by atoms with van der Waals surface area (Å²) in [5.74, 6) is 1.45. The Bertz CT molecular complexity index is 367. The van der Waals surface area contributed by atoms with Crippen LogP contribution in [0.15, 0.2) is 10.8 Å². The fourth-order valence-electron chi connectivity index (χ4n) is 2.07. The highest BCUT2D eigenvalue weighted by atomic mass is 79.9. The minimum Gasteiger partial charge on any atom is -0.473 e. The minimum atomic E-state index is 0.310. The second kappa shape index (κ2) is 6.19. The predicted octanol–water partition coefficient (Wildman–Crippen LogP) is 3.38. The first kappa shape index (κ1) is 12.6. The molecule has 94 valence electrons. The van der Waals surface area contributed by atoms with Crippen molar-refractivity contribution in [3.8, 4) is 5.88 Å². The quantitative estimate of drug-likeness (QED) is 0.926. The maximum Gasteiger partial charge on any atom is 0.233 e. The summed E-state index contributed by atoms with van der Waals surface area (Å²) in [6.45, 7) is 2.87. The lowest BCUT2D eigenvalue weighted by Crippen LogP contribution is -2.20. The zero-order valence-corrected chi connectivity index (χ0v) is 11.7. The highest BCUT2D eigenvalue weighted by molar-refractivity contribution is 9.10. The number of ether oxygens (including phenoxy) is 1. The molecule has 4 nitrogen and oxygen atoms in total. The number of anilines is 1.